The summed E-state index contributed by atoms with van der Waals surface area (Å²) in [5, 5.41) is 14.4. The second-order valence-electron chi connectivity index (χ2n) is 7.66. The van der Waals surface area contributed by atoms with Crippen molar-refractivity contribution < 1.29 is 9.90 Å². The SMILES string of the molecule is Nc1ncnc2c1c(C(=O)O)nn2C12CC3CC(CC(C3)C1)C2. The largest absolute Gasteiger partial charge is 0.476 e. The van der Waals surface area contributed by atoms with Gasteiger partial charge in [0.1, 0.15) is 12.1 Å². The van der Waals surface area contributed by atoms with E-state index in [9.17, 15) is 9.90 Å². The van der Waals surface area contributed by atoms with E-state index in [1.165, 1.54) is 25.6 Å². The number of aromatic carboxylic acids is 1. The lowest BCUT2D eigenvalue weighted by Crippen LogP contribution is -2.52. The van der Waals surface area contributed by atoms with E-state index < -0.39 is 5.97 Å². The van der Waals surface area contributed by atoms with Crippen LogP contribution >= 0.6 is 0 Å². The molecule has 120 valence electrons. The van der Waals surface area contributed by atoms with E-state index in [0.29, 0.717) is 11.0 Å². The van der Waals surface area contributed by atoms with Crippen LogP contribution in [0.15, 0.2) is 6.33 Å². The van der Waals surface area contributed by atoms with Crippen molar-refractivity contribution in [1.29, 1.82) is 0 Å². The van der Waals surface area contributed by atoms with E-state index in [4.69, 9.17) is 5.73 Å². The molecule has 4 bridgehead atoms. The molecular weight excluding hydrogens is 294 g/mol. The molecule has 4 fully saturated rings. The van der Waals surface area contributed by atoms with Gasteiger partial charge in [0.05, 0.1) is 10.9 Å². The molecular formula is C16H19N5O2. The van der Waals surface area contributed by atoms with Crippen molar-refractivity contribution in [2.24, 2.45) is 17.8 Å². The summed E-state index contributed by atoms with van der Waals surface area (Å²) in [4.78, 5) is 19.9. The molecule has 6 rings (SSSR count). The molecule has 4 aliphatic rings. The number of anilines is 1. The third-order valence-electron chi connectivity index (χ3n) is 6.15. The Hall–Kier alpha value is -2.18. The summed E-state index contributed by atoms with van der Waals surface area (Å²) in [6, 6.07) is 0. The van der Waals surface area contributed by atoms with Crippen molar-refractivity contribution in [2.45, 2.75) is 44.1 Å². The number of carbonyl (C=O) groups is 1. The van der Waals surface area contributed by atoms with Crippen molar-refractivity contribution in [3.05, 3.63) is 12.0 Å². The average Bonchev–Trinajstić information content (AvgIpc) is 2.87. The highest BCUT2D eigenvalue weighted by molar-refractivity contribution is 6.04. The summed E-state index contributed by atoms with van der Waals surface area (Å²) in [7, 11) is 0. The zero-order valence-corrected chi connectivity index (χ0v) is 12.8. The van der Waals surface area contributed by atoms with E-state index in [1.807, 2.05) is 4.68 Å². The summed E-state index contributed by atoms with van der Waals surface area (Å²) in [6.45, 7) is 0. The maximum absolute atomic E-state index is 11.6. The van der Waals surface area contributed by atoms with Gasteiger partial charge in [-0.15, -0.1) is 0 Å². The van der Waals surface area contributed by atoms with Gasteiger partial charge in [0, 0.05) is 0 Å². The van der Waals surface area contributed by atoms with Gasteiger partial charge in [0.2, 0.25) is 0 Å². The summed E-state index contributed by atoms with van der Waals surface area (Å²) in [5.74, 6) is 1.36. The molecule has 2 aromatic rings. The quantitative estimate of drug-likeness (QED) is 0.878. The summed E-state index contributed by atoms with van der Waals surface area (Å²) < 4.78 is 1.90. The third kappa shape index (κ3) is 1.70. The summed E-state index contributed by atoms with van der Waals surface area (Å²) in [6.07, 6.45) is 8.61. The minimum absolute atomic E-state index is 0.0196. The predicted molar refractivity (Wildman–Crippen MR) is 82.8 cm³/mol. The normalized spacial score (nSPS) is 35.0. The molecule has 2 aromatic heterocycles. The van der Waals surface area contributed by atoms with Crippen LogP contribution in [0.25, 0.3) is 11.0 Å². The van der Waals surface area contributed by atoms with Gasteiger partial charge in [-0.25, -0.2) is 19.4 Å². The fourth-order valence-electron chi connectivity index (χ4n) is 5.78. The van der Waals surface area contributed by atoms with Crippen molar-refractivity contribution >= 4 is 22.8 Å². The van der Waals surface area contributed by atoms with Crippen LogP contribution in [0, 0.1) is 17.8 Å². The molecule has 0 atom stereocenters. The first kappa shape index (κ1) is 13.3. The number of nitrogen functional groups attached to an aromatic ring is 1. The molecule has 0 spiro atoms. The Labute approximate surface area is 132 Å². The number of nitrogens with zero attached hydrogens (tertiary/aromatic N) is 4. The Balaban J connectivity index is 1.75. The van der Waals surface area contributed by atoms with Crippen LogP contribution in [0.2, 0.25) is 0 Å². The molecule has 4 saturated carbocycles. The molecule has 0 aromatic carbocycles. The molecule has 7 heteroatoms. The van der Waals surface area contributed by atoms with Gasteiger partial charge in [-0.05, 0) is 56.3 Å². The van der Waals surface area contributed by atoms with Crippen molar-refractivity contribution in [3.8, 4) is 0 Å². The van der Waals surface area contributed by atoms with Gasteiger partial charge in [-0.2, -0.15) is 5.10 Å². The molecule has 7 nitrogen and oxygen atoms in total. The highest BCUT2D eigenvalue weighted by Crippen LogP contribution is 2.59. The van der Waals surface area contributed by atoms with Crippen LogP contribution in [0.1, 0.15) is 49.0 Å². The fraction of sp³-hybridized carbons (Fsp3) is 0.625. The average molecular weight is 313 g/mol. The van der Waals surface area contributed by atoms with Crippen LogP contribution < -0.4 is 5.73 Å². The Kier molecular flexibility index (Phi) is 2.43. The molecule has 0 radical (unpaired) electrons. The first-order valence-electron chi connectivity index (χ1n) is 8.29. The fourth-order valence-corrected chi connectivity index (χ4v) is 5.78. The van der Waals surface area contributed by atoms with Crippen LogP contribution in [0.5, 0.6) is 0 Å². The minimum Gasteiger partial charge on any atom is -0.476 e. The molecule has 23 heavy (non-hydrogen) atoms. The predicted octanol–water partition coefficient (Wildman–Crippen LogP) is 2.03. The maximum Gasteiger partial charge on any atom is 0.357 e. The maximum atomic E-state index is 11.6. The molecule has 0 aliphatic heterocycles. The number of carboxylic acids is 1. The molecule has 2 heterocycles. The first-order chi connectivity index (χ1) is 11.1. The first-order valence-corrected chi connectivity index (χ1v) is 8.29. The lowest BCUT2D eigenvalue weighted by Gasteiger charge is -2.56. The van der Waals surface area contributed by atoms with E-state index in [2.05, 4.69) is 15.1 Å². The Morgan fingerprint density at radius 2 is 1.78 bits per heavy atom. The zero-order valence-electron chi connectivity index (χ0n) is 12.8. The van der Waals surface area contributed by atoms with Gasteiger partial charge in [0.15, 0.2) is 11.3 Å². The van der Waals surface area contributed by atoms with Crippen LogP contribution in [-0.4, -0.2) is 30.8 Å². The van der Waals surface area contributed by atoms with Crippen LogP contribution in [0.3, 0.4) is 0 Å². The standard InChI is InChI=1S/C16H19N5O2/c17-13-11-12(15(22)23)20-21(14(11)19-7-18-13)16-4-8-1-9(5-16)3-10(2-8)6-16/h7-10H,1-6H2,(H,22,23)(H2,17,18,19). The number of hydrogen-bond acceptors (Lipinski definition) is 5. The molecule has 0 unspecified atom stereocenters. The van der Waals surface area contributed by atoms with Gasteiger partial charge < -0.3 is 10.8 Å². The Morgan fingerprint density at radius 1 is 1.17 bits per heavy atom. The highest BCUT2D eigenvalue weighted by atomic mass is 16.4. The van der Waals surface area contributed by atoms with Crippen LogP contribution in [-0.2, 0) is 5.54 Å². The zero-order chi connectivity index (χ0) is 15.8. The lowest BCUT2D eigenvalue weighted by molar-refractivity contribution is -0.0474. The van der Waals surface area contributed by atoms with Crippen LogP contribution in [0.4, 0.5) is 5.82 Å². The van der Waals surface area contributed by atoms with E-state index in [-0.39, 0.29) is 17.1 Å². The number of carboxylic acid groups (broad SMARTS) is 1. The van der Waals surface area contributed by atoms with Crippen molar-refractivity contribution in [3.63, 3.8) is 0 Å². The van der Waals surface area contributed by atoms with Crippen molar-refractivity contribution in [2.75, 3.05) is 5.73 Å². The molecule has 0 amide bonds. The number of nitrogens with two attached hydrogens (primary N) is 1. The minimum atomic E-state index is -1.07. The van der Waals surface area contributed by atoms with E-state index in [0.717, 1.165) is 37.0 Å². The smallest absolute Gasteiger partial charge is 0.357 e. The van der Waals surface area contributed by atoms with Gasteiger partial charge in [-0.3, -0.25) is 0 Å². The van der Waals surface area contributed by atoms with Crippen molar-refractivity contribution in [1.82, 2.24) is 19.7 Å². The Morgan fingerprint density at radius 3 is 2.35 bits per heavy atom. The second kappa shape index (κ2) is 4.21. The highest BCUT2D eigenvalue weighted by Gasteiger charge is 2.53. The van der Waals surface area contributed by atoms with Gasteiger partial charge >= 0.3 is 5.97 Å². The lowest BCUT2D eigenvalue weighted by atomic mass is 9.53. The summed E-state index contributed by atoms with van der Waals surface area (Å²) >= 11 is 0. The monoisotopic (exact) mass is 313 g/mol. The number of rotatable bonds is 2. The number of hydrogen-bond donors (Lipinski definition) is 2. The van der Waals surface area contributed by atoms with Gasteiger partial charge in [0.25, 0.3) is 0 Å². The van der Waals surface area contributed by atoms with Gasteiger partial charge in [-0.1, -0.05) is 0 Å². The third-order valence-corrected chi connectivity index (χ3v) is 6.15. The Bertz CT molecular complexity index is 792. The topological polar surface area (TPSA) is 107 Å². The number of fused-ring (bicyclic) bond motifs is 1. The van der Waals surface area contributed by atoms with E-state index in [1.54, 1.807) is 0 Å². The second-order valence-corrected chi connectivity index (χ2v) is 7.66. The molecule has 3 N–H and O–H groups in total. The van der Waals surface area contributed by atoms with E-state index >= 15 is 0 Å². The molecule has 0 saturated heterocycles. The number of aromatic nitrogens is 4. The molecule has 4 aliphatic carbocycles. The summed E-state index contributed by atoms with van der Waals surface area (Å²) in [5.41, 5.74) is 6.41.